The minimum absolute atomic E-state index is 0. The first-order chi connectivity index (χ1) is 17.1. The molecule has 0 aliphatic heterocycles. The quantitative estimate of drug-likeness (QED) is 0.406. The number of nitrogens with zero attached hydrogens (tertiary/aromatic N) is 2. The van der Waals surface area contributed by atoms with Crippen molar-refractivity contribution in [2.75, 3.05) is 20.2 Å². The van der Waals surface area contributed by atoms with E-state index in [4.69, 9.17) is 9.47 Å². The monoisotopic (exact) mass is 552 g/mol. The summed E-state index contributed by atoms with van der Waals surface area (Å²) in [6, 6.07) is 7.46. The highest BCUT2D eigenvalue weighted by Gasteiger charge is 2.25. The van der Waals surface area contributed by atoms with Gasteiger partial charge in [-0.05, 0) is 64.1 Å². The van der Waals surface area contributed by atoms with E-state index < -0.39 is 34.3 Å². The summed E-state index contributed by atoms with van der Waals surface area (Å²) in [5.41, 5.74) is 0.784. The number of carbonyl (C=O) groups excluding carboxylic acids is 2. The second-order valence-electron chi connectivity index (χ2n) is 7.76. The van der Waals surface area contributed by atoms with E-state index in [0.717, 1.165) is 4.57 Å². The smallest absolute Gasteiger partial charge is 0.407 e. The van der Waals surface area contributed by atoms with Crippen molar-refractivity contribution in [1.29, 1.82) is 0 Å². The lowest BCUT2D eigenvalue weighted by Gasteiger charge is -2.18. The van der Waals surface area contributed by atoms with E-state index in [9.17, 15) is 22.8 Å². The molecule has 3 rings (SSSR count). The van der Waals surface area contributed by atoms with E-state index in [2.05, 4.69) is 15.0 Å². The fourth-order valence-corrected chi connectivity index (χ4v) is 4.82. The van der Waals surface area contributed by atoms with Gasteiger partial charge in [-0.25, -0.2) is 27.7 Å². The molecule has 0 spiro atoms. The first-order valence-corrected chi connectivity index (χ1v) is 12.7. The van der Waals surface area contributed by atoms with Crippen LogP contribution in [0.4, 0.5) is 4.79 Å². The maximum absolute atomic E-state index is 14.0. The molecule has 11 nitrogen and oxygen atoms in total. The van der Waals surface area contributed by atoms with Crippen LogP contribution in [-0.4, -0.2) is 50.2 Å². The Morgan fingerprint density at radius 3 is 2.41 bits per heavy atom. The number of esters is 1. The summed E-state index contributed by atoms with van der Waals surface area (Å²) in [5.74, 6) is -0.581. The number of fused-ring (bicyclic) bond motifs is 1. The Morgan fingerprint density at radius 1 is 1.11 bits per heavy atom. The van der Waals surface area contributed by atoms with Gasteiger partial charge < -0.3 is 14.8 Å². The number of hydrogen-bond acceptors (Lipinski definition) is 8. The zero-order valence-electron chi connectivity index (χ0n) is 21.1. The second kappa shape index (κ2) is 12.2. The molecule has 200 valence electrons. The van der Waals surface area contributed by atoms with Crippen LogP contribution < -0.4 is 15.6 Å². The van der Waals surface area contributed by atoms with Gasteiger partial charge in [0.2, 0.25) is 10.0 Å². The van der Waals surface area contributed by atoms with Crippen LogP contribution >= 0.6 is 12.4 Å². The highest BCUT2D eigenvalue weighted by Crippen LogP contribution is 2.26. The van der Waals surface area contributed by atoms with Gasteiger partial charge in [-0.2, -0.15) is 0 Å². The van der Waals surface area contributed by atoms with E-state index in [1.54, 1.807) is 39.8 Å². The number of para-hydroxylation sites is 1. The largest absolute Gasteiger partial charge is 0.462 e. The predicted octanol–water partition coefficient (Wildman–Crippen LogP) is 2.76. The third kappa shape index (κ3) is 5.92. The van der Waals surface area contributed by atoms with Gasteiger partial charge in [0.05, 0.1) is 28.8 Å². The molecular weight excluding hydrogens is 524 g/mol. The highest BCUT2D eigenvalue weighted by atomic mass is 35.5. The molecule has 0 fully saturated rings. The number of hydrogen-bond donors (Lipinski definition) is 2. The Labute approximate surface area is 220 Å². The molecule has 1 aromatic heterocycles. The fourth-order valence-electron chi connectivity index (χ4n) is 3.91. The molecule has 0 radical (unpaired) electrons. The Morgan fingerprint density at radius 2 is 1.78 bits per heavy atom. The molecule has 3 aromatic rings. The molecule has 1 heterocycles. The van der Waals surface area contributed by atoms with Crippen molar-refractivity contribution in [1.82, 2.24) is 19.6 Å². The summed E-state index contributed by atoms with van der Waals surface area (Å²) in [7, 11) is -2.73. The van der Waals surface area contributed by atoms with Crippen LogP contribution in [0.2, 0.25) is 0 Å². The van der Waals surface area contributed by atoms with Crippen molar-refractivity contribution in [2.24, 2.45) is 0 Å². The third-order valence-corrected chi connectivity index (χ3v) is 6.94. The van der Waals surface area contributed by atoms with E-state index in [1.807, 2.05) is 0 Å². The van der Waals surface area contributed by atoms with Gasteiger partial charge in [-0.1, -0.05) is 12.1 Å². The van der Waals surface area contributed by atoms with Crippen LogP contribution in [0.3, 0.4) is 0 Å². The van der Waals surface area contributed by atoms with Crippen LogP contribution in [0.1, 0.15) is 41.2 Å². The number of aromatic nitrogens is 2. The molecule has 0 atom stereocenters. The summed E-state index contributed by atoms with van der Waals surface area (Å²) in [4.78, 5) is 42.9. The number of carbonyl (C=O) groups is 2. The molecule has 0 unspecified atom stereocenters. The maximum Gasteiger partial charge on any atom is 0.407 e. The van der Waals surface area contributed by atoms with Crippen molar-refractivity contribution in [2.45, 2.75) is 39.2 Å². The minimum atomic E-state index is -3.98. The number of aryl methyl sites for hydroxylation is 2. The summed E-state index contributed by atoms with van der Waals surface area (Å²) >= 11 is 0. The van der Waals surface area contributed by atoms with Crippen LogP contribution in [0, 0.1) is 13.8 Å². The van der Waals surface area contributed by atoms with E-state index >= 15 is 0 Å². The molecule has 0 saturated carbocycles. The number of nitrogens with one attached hydrogen (secondary N) is 2. The lowest BCUT2D eigenvalue weighted by Crippen LogP contribution is -2.30. The molecule has 2 N–H and O–H groups in total. The van der Waals surface area contributed by atoms with Crippen molar-refractivity contribution in [3.8, 4) is 5.69 Å². The summed E-state index contributed by atoms with van der Waals surface area (Å²) in [6.07, 6.45) is -0.723. The zero-order chi connectivity index (χ0) is 26.6. The van der Waals surface area contributed by atoms with Crippen molar-refractivity contribution < 1.29 is 27.5 Å². The fraction of sp³-hybridized carbons (Fsp3) is 0.333. The lowest BCUT2D eigenvalue weighted by molar-refractivity contribution is 0.0524. The Balaban J connectivity index is 0.00000481. The predicted molar refractivity (Wildman–Crippen MR) is 140 cm³/mol. The van der Waals surface area contributed by atoms with Gasteiger partial charge >= 0.3 is 12.1 Å². The molecule has 37 heavy (non-hydrogen) atoms. The van der Waals surface area contributed by atoms with E-state index in [-0.39, 0.29) is 51.9 Å². The number of benzene rings is 2. The minimum Gasteiger partial charge on any atom is -0.462 e. The zero-order valence-corrected chi connectivity index (χ0v) is 22.7. The number of alkyl carbamates (subject to hydrolysis) is 1. The van der Waals surface area contributed by atoms with Gasteiger partial charge in [0.1, 0.15) is 4.90 Å². The number of halogens is 1. The van der Waals surface area contributed by atoms with Crippen LogP contribution in [0.25, 0.3) is 16.6 Å². The van der Waals surface area contributed by atoms with Crippen LogP contribution in [0.5, 0.6) is 0 Å². The molecule has 0 aliphatic carbocycles. The van der Waals surface area contributed by atoms with E-state index in [0.29, 0.717) is 17.7 Å². The molecule has 13 heteroatoms. The molecule has 0 bridgehead atoms. The van der Waals surface area contributed by atoms with Crippen molar-refractivity contribution in [3.63, 3.8) is 0 Å². The Bertz CT molecular complexity index is 1500. The number of ether oxygens (including phenoxy) is 2. The number of amides is 1. The average Bonchev–Trinajstić information content (AvgIpc) is 2.82. The first-order valence-electron chi connectivity index (χ1n) is 11.2. The molecular formula is C24H29ClN4O7S. The van der Waals surface area contributed by atoms with Crippen LogP contribution in [0.15, 0.2) is 40.0 Å². The average molecular weight is 553 g/mol. The highest BCUT2D eigenvalue weighted by molar-refractivity contribution is 7.89. The van der Waals surface area contributed by atoms with Gasteiger partial charge in [-0.15, -0.1) is 12.4 Å². The Kier molecular flexibility index (Phi) is 9.79. The second-order valence-corrected chi connectivity index (χ2v) is 9.61. The summed E-state index contributed by atoms with van der Waals surface area (Å²) in [6.45, 7) is 6.78. The summed E-state index contributed by atoms with van der Waals surface area (Å²) in [5, 5.41) is 2.60. The van der Waals surface area contributed by atoms with Crippen LogP contribution in [-0.2, 0) is 26.1 Å². The van der Waals surface area contributed by atoms with E-state index in [1.165, 1.54) is 25.2 Å². The first kappa shape index (κ1) is 29.7. The third-order valence-electron chi connectivity index (χ3n) is 5.48. The van der Waals surface area contributed by atoms with Gasteiger partial charge in [0.25, 0.3) is 5.56 Å². The maximum atomic E-state index is 14.0. The van der Waals surface area contributed by atoms with Crippen molar-refractivity contribution >= 4 is 45.4 Å². The normalized spacial score (nSPS) is 11.1. The lowest BCUT2D eigenvalue weighted by atomic mass is 9.98. The van der Waals surface area contributed by atoms with Gasteiger partial charge in [0.15, 0.2) is 12.4 Å². The molecule has 0 aliphatic rings. The number of rotatable bonds is 8. The Hall–Kier alpha value is -3.48. The SMILES string of the molecule is CCNC(=O)OCc1nc2cc(C)c(C(=O)OCC)c(C)c2c(=O)n1-c1ccccc1S(=O)(=O)NC.Cl. The standard InChI is InChI=1S/C24H28N4O7S.ClH/c1-6-26-24(31)35-13-19-27-16-12-14(3)20(23(30)34-7-2)15(4)21(16)22(29)28(19)17-10-8-9-11-18(17)36(32,33)25-5;/h8-12,25H,6-7,13H2,1-5H3,(H,26,31);1H. The number of sulfonamides is 1. The molecule has 0 saturated heterocycles. The van der Waals surface area contributed by atoms with Crippen molar-refractivity contribution in [3.05, 3.63) is 63.2 Å². The molecule has 2 aromatic carbocycles. The topological polar surface area (TPSA) is 146 Å². The van der Waals surface area contributed by atoms with Gasteiger partial charge in [0, 0.05) is 6.54 Å². The summed E-state index contributed by atoms with van der Waals surface area (Å²) < 4.78 is 39.2. The van der Waals surface area contributed by atoms with Gasteiger partial charge in [-0.3, -0.25) is 9.36 Å². The molecule has 1 amide bonds.